The summed E-state index contributed by atoms with van der Waals surface area (Å²) >= 11 is 3.11. The second-order valence-corrected chi connectivity index (χ2v) is 3.83. The fourth-order valence-corrected chi connectivity index (χ4v) is 1.73. The van der Waals surface area contributed by atoms with Crippen molar-refractivity contribution in [1.29, 1.82) is 0 Å². The zero-order valence-electron chi connectivity index (χ0n) is 7.76. The highest BCUT2D eigenvalue weighted by Crippen LogP contribution is 2.23. The van der Waals surface area contributed by atoms with Crippen LogP contribution in [0.2, 0.25) is 0 Å². The van der Waals surface area contributed by atoms with E-state index in [0.29, 0.717) is 16.7 Å². The number of H-pyrrole nitrogens is 1. The van der Waals surface area contributed by atoms with E-state index in [0.717, 1.165) is 5.39 Å². The van der Waals surface area contributed by atoms with E-state index in [4.69, 9.17) is 0 Å². The highest BCUT2D eigenvalue weighted by Gasteiger charge is 2.21. The summed E-state index contributed by atoms with van der Waals surface area (Å²) in [6.07, 6.45) is -0.229. The van der Waals surface area contributed by atoms with Gasteiger partial charge in [0.1, 0.15) is 6.10 Å². The summed E-state index contributed by atoms with van der Waals surface area (Å²) < 4.78 is 0. The van der Waals surface area contributed by atoms with E-state index in [1.807, 2.05) is 0 Å². The molecule has 2 unspecified atom stereocenters. The monoisotopic (exact) mass is 271 g/mol. The Bertz CT molecular complexity index is 459. The molecule has 0 aromatic carbocycles. The van der Waals surface area contributed by atoms with Gasteiger partial charge in [0.2, 0.25) is 0 Å². The van der Waals surface area contributed by atoms with E-state index >= 15 is 0 Å². The molecule has 2 aromatic heterocycles. The quantitative estimate of drug-likeness (QED) is 0.720. The van der Waals surface area contributed by atoms with Crippen molar-refractivity contribution in [2.75, 3.05) is 5.33 Å². The van der Waals surface area contributed by atoms with Gasteiger partial charge in [-0.05, 0) is 12.1 Å². The van der Waals surface area contributed by atoms with Crippen LogP contribution in [-0.4, -0.2) is 36.8 Å². The molecule has 0 fully saturated rings. The number of alkyl halides is 1. The highest BCUT2D eigenvalue weighted by molar-refractivity contribution is 9.09. The maximum Gasteiger partial charge on any atom is 0.181 e. The van der Waals surface area contributed by atoms with Gasteiger partial charge in [0.15, 0.2) is 5.65 Å². The molecule has 2 atom stereocenters. The van der Waals surface area contributed by atoms with Crippen LogP contribution in [0.3, 0.4) is 0 Å². The minimum atomic E-state index is -0.987. The molecule has 0 saturated carbocycles. The summed E-state index contributed by atoms with van der Waals surface area (Å²) in [6, 6.07) is 3.56. The molecule has 2 heterocycles. The Labute approximate surface area is 94.3 Å². The molecule has 0 aliphatic carbocycles. The van der Waals surface area contributed by atoms with Crippen LogP contribution in [0.4, 0.5) is 0 Å². The molecule has 2 rings (SSSR count). The lowest BCUT2D eigenvalue weighted by atomic mass is 10.1. The van der Waals surface area contributed by atoms with E-state index in [-0.39, 0.29) is 0 Å². The second-order valence-electron chi connectivity index (χ2n) is 3.18. The van der Waals surface area contributed by atoms with Crippen molar-refractivity contribution < 1.29 is 10.2 Å². The van der Waals surface area contributed by atoms with Gasteiger partial charge in [-0.25, -0.2) is 4.98 Å². The lowest BCUT2D eigenvalue weighted by Gasteiger charge is -2.13. The van der Waals surface area contributed by atoms with Crippen molar-refractivity contribution in [2.24, 2.45) is 0 Å². The van der Waals surface area contributed by atoms with Crippen molar-refractivity contribution in [3.8, 4) is 0 Å². The first-order chi connectivity index (χ1) is 7.24. The molecule has 0 saturated heterocycles. The SMILES string of the molecule is OC(CBr)C(O)c1[nH]nc2ncccc12. The summed E-state index contributed by atoms with van der Waals surface area (Å²) in [7, 11) is 0. The number of aliphatic hydroxyl groups is 2. The highest BCUT2D eigenvalue weighted by atomic mass is 79.9. The number of hydrogen-bond donors (Lipinski definition) is 3. The third-order valence-corrected chi connectivity index (χ3v) is 2.84. The third kappa shape index (κ3) is 1.88. The van der Waals surface area contributed by atoms with Crippen LogP contribution < -0.4 is 0 Å². The Kier molecular flexibility index (Phi) is 2.99. The lowest BCUT2D eigenvalue weighted by Crippen LogP contribution is -2.20. The van der Waals surface area contributed by atoms with E-state index in [1.54, 1.807) is 18.3 Å². The minimum Gasteiger partial charge on any atom is -0.389 e. The van der Waals surface area contributed by atoms with E-state index in [1.165, 1.54) is 0 Å². The van der Waals surface area contributed by atoms with Gasteiger partial charge in [-0.3, -0.25) is 5.10 Å². The summed E-state index contributed by atoms with van der Waals surface area (Å²) in [5.74, 6) is 0. The predicted octanol–water partition coefficient (Wildman–Crippen LogP) is 0.747. The largest absolute Gasteiger partial charge is 0.389 e. The second kappa shape index (κ2) is 4.26. The third-order valence-electron chi connectivity index (χ3n) is 2.18. The smallest absolute Gasteiger partial charge is 0.181 e. The first-order valence-electron chi connectivity index (χ1n) is 4.45. The van der Waals surface area contributed by atoms with Gasteiger partial charge in [0.25, 0.3) is 0 Å². The van der Waals surface area contributed by atoms with Crippen LogP contribution in [-0.2, 0) is 0 Å². The zero-order valence-corrected chi connectivity index (χ0v) is 9.35. The number of halogens is 1. The maximum absolute atomic E-state index is 9.80. The summed E-state index contributed by atoms with van der Waals surface area (Å²) in [5.41, 5.74) is 1.03. The van der Waals surface area contributed by atoms with Crippen LogP contribution in [0.15, 0.2) is 18.3 Å². The molecular formula is C9H10BrN3O2. The first-order valence-corrected chi connectivity index (χ1v) is 5.57. The fraction of sp³-hybridized carbons (Fsp3) is 0.333. The van der Waals surface area contributed by atoms with Crippen LogP contribution in [0.1, 0.15) is 11.8 Å². The molecule has 0 radical (unpaired) electrons. The normalized spacial score (nSPS) is 15.4. The molecule has 0 aliphatic heterocycles. The van der Waals surface area contributed by atoms with Gasteiger partial charge < -0.3 is 10.2 Å². The van der Waals surface area contributed by atoms with Gasteiger partial charge >= 0.3 is 0 Å². The standard InChI is InChI=1S/C9H10BrN3O2/c10-4-6(14)8(15)7-5-2-1-3-11-9(5)13-12-7/h1-3,6,8,14-15H,4H2,(H,11,12,13). The number of pyridine rings is 1. The average molecular weight is 272 g/mol. The van der Waals surface area contributed by atoms with Gasteiger partial charge in [-0.15, -0.1) is 0 Å². The average Bonchev–Trinajstić information content (AvgIpc) is 2.70. The topological polar surface area (TPSA) is 82.0 Å². The first kappa shape index (κ1) is 10.5. The van der Waals surface area contributed by atoms with Crippen LogP contribution in [0.25, 0.3) is 11.0 Å². The molecule has 0 amide bonds. The van der Waals surface area contributed by atoms with Crippen molar-refractivity contribution in [3.63, 3.8) is 0 Å². The van der Waals surface area contributed by atoms with Gasteiger partial charge in [0, 0.05) is 16.9 Å². The number of nitrogens with one attached hydrogen (secondary N) is 1. The molecule has 0 bridgehead atoms. The van der Waals surface area contributed by atoms with Gasteiger partial charge in [-0.2, -0.15) is 5.10 Å². The fourth-order valence-electron chi connectivity index (χ4n) is 1.37. The molecule has 15 heavy (non-hydrogen) atoms. The Morgan fingerprint density at radius 3 is 3.00 bits per heavy atom. The minimum absolute atomic E-state index is 0.301. The molecule has 5 nitrogen and oxygen atoms in total. The predicted molar refractivity (Wildman–Crippen MR) is 58.6 cm³/mol. The van der Waals surface area contributed by atoms with Crippen molar-refractivity contribution >= 4 is 27.0 Å². The van der Waals surface area contributed by atoms with Crippen LogP contribution in [0.5, 0.6) is 0 Å². The molecule has 2 aromatic rings. The number of fused-ring (bicyclic) bond motifs is 1. The molecule has 0 spiro atoms. The molecule has 0 aliphatic rings. The maximum atomic E-state index is 9.80. The van der Waals surface area contributed by atoms with E-state index < -0.39 is 12.2 Å². The van der Waals surface area contributed by atoms with E-state index in [2.05, 4.69) is 31.1 Å². The number of aromatic nitrogens is 3. The Morgan fingerprint density at radius 1 is 1.47 bits per heavy atom. The van der Waals surface area contributed by atoms with Crippen LogP contribution >= 0.6 is 15.9 Å². The van der Waals surface area contributed by atoms with Crippen LogP contribution in [0, 0.1) is 0 Å². The molecular weight excluding hydrogens is 262 g/mol. The summed E-state index contributed by atoms with van der Waals surface area (Å²) in [4.78, 5) is 4.02. The lowest BCUT2D eigenvalue weighted by molar-refractivity contribution is 0.0324. The van der Waals surface area contributed by atoms with Gasteiger partial charge in [-0.1, -0.05) is 15.9 Å². The van der Waals surface area contributed by atoms with Gasteiger partial charge in [0.05, 0.1) is 11.8 Å². The summed E-state index contributed by atoms with van der Waals surface area (Å²) in [6.45, 7) is 0. The Morgan fingerprint density at radius 2 is 2.27 bits per heavy atom. The van der Waals surface area contributed by atoms with Crippen molar-refractivity contribution in [3.05, 3.63) is 24.0 Å². The number of rotatable bonds is 3. The molecule has 3 N–H and O–H groups in total. The van der Waals surface area contributed by atoms with E-state index in [9.17, 15) is 10.2 Å². The van der Waals surface area contributed by atoms with Crippen molar-refractivity contribution in [1.82, 2.24) is 15.2 Å². The zero-order chi connectivity index (χ0) is 10.8. The summed E-state index contributed by atoms with van der Waals surface area (Å²) in [5, 5.41) is 26.9. The Hall–Kier alpha value is -0.980. The number of hydrogen-bond acceptors (Lipinski definition) is 4. The number of aliphatic hydroxyl groups excluding tert-OH is 2. The number of nitrogens with zero attached hydrogens (tertiary/aromatic N) is 2. The number of aromatic amines is 1. The van der Waals surface area contributed by atoms with Crippen molar-refractivity contribution in [2.45, 2.75) is 12.2 Å². The Balaban J connectivity index is 2.43. The molecule has 80 valence electrons. The molecule has 6 heteroatoms.